The lowest BCUT2D eigenvalue weighted by molar-refractivity contribution is 0.0993. The second-order valence-electron chi connectivity index (χ2n) is 6.29. The number of halogens is 1. The number of thioether (sulfide) groups is 1. The Morgan fingerprint density at radius 2 is 1.88 bits per heavy atom. The summed E-state index contributed by atoms with van der Waals surface area (Å²) < 4.78 is 15.7. The summed E-state index contributed by atoms with van der Waals surface area (Å²) >= 11 is 1.33. The summed E-state index contributed by atoms with van der Waals surface area (Å²) in [5, 5.41) is 8.50. The molecule has 0 aliphatic rings. The molecule has 1 heterocycles. The van der Waals surface area contributed by atoms with Gasteiger partial charge >= 0.3 is 0 Å². The predicted molar refractivity (Wildman–Crippen MR) is 102 cm³/mol. The average Bonchev–Trinajstić information content (AvgIpc) is 2.97. The van der Waals surface area contributed by atoms with Crippen molar-refractivity contribution in [2.24, 2.45) is 7.05 Å². The molecule has 0 N–H and O–H groups in total. The summed E-state index contributed by atoms with van der Waals surface area (Å²) in [6, 6.07) is 12.3. The van der Waals surface area contributed by atoms with Crippen LogP contribution in [0.3, 0.4) is 0 Å². The van der Waals surface area contributed by atoms with Crippen LogP contribution in [0.15, 0.2) is 47.6 Å². The largest absolute Gasteiger partial charge is 0.305 e. The highest BCUT2D eigenvalue weighted by Crippen LogP contribution is 2.29. The molecule has 1 atom stereocenters. The molecule has 0 aliphatic carbocycles. The minimum atomic E-state index is -0.348. The Balaban J connectivity index is 1.84. The van der Waals surface area contributed by atoms with Crippen LogP contribution in [0.2, 0.25) is 0 Å². The number of carbonyl (C=O) groups is 1. The lowest BCUT2D eigenvalue weighted by Crippen LogP contribution is -2.16. The van der Waals surface area contributed by atoms with Crippen molar-refractivity contribution in [3.63, 3.8) is 0 Å². The molecule has 0 saturated heterocycles. The number of benzene rings is 2. The molecule has 0 radical (unpaired) electrons. The molecule has 0 unspecified atom stereocenters. The summed E-state index contributed by atoms with van der Waals surface area (Å²) in [5.41, 5.74) is 3.12. The van der Waals surface area contributed by atoms with E-state index in [2.05, 4.69) is 10.2 Å². The van der Waals surface area contributed by atoms with E-state index in [1.165, 1.54) is 17.8 Å². The third kappa shape index (κ3) is 3.55. The lowest BCUT2D eigenvalue weighted by atomic mass is 10.0. The van der Waals surface area contributed by atoms with E-state index in [1.54, 1.807) is 29.8 Å². The fraction of sp³-hybridized carbons (Fsp3) is 0.250. The van der Waals surface area contributed by atoms with Gasteiger partial charge in [0, 0.05) is 12.6 Å². The third-order valence-corrected chi connectivity index (χ3v) is 5.39. The second kappa shape index (κ2) is 7.41. The quantitative estimate of drug-likeness (QED) is 0.487. The van der Waals surface area contributed by atoms with Crippen molar-refractivity contribution in [3.8, 4) is 11.4 Å². The summed E-state index contributed by atoms with van der Waals surface area (Å²) in [6.45, 7) is 5.76. The topological polar surface area (TPSA) is 47.8 Å². The molecular weight excluding hydrogens is 349 g/mol. The molecule has 0 bridgehead atoms. The molecule has 0 saturated carbocycles. The van der Waals surface area contributed by atoms with Gasteiger partial charge in [-0.1, -0.05) is 41.6 Å². The van der Waals surface area contributed by atoms with Gasteiger partial charge in [0.1, 0.15) is 5.82 Å². The van der Waals surface area contributed by atoms with Crippen LogP contribution >= 0.6 is 11.8 Å². The van der Waals surface area contributed by atoms with Crippen molar-refractivity contribution in [1.82, 2.24) is 14.8 Å². The minimum Gasteiger partial charge on any atom is -0.305 e. The van der Waals surface area contributed by atoms with E-state index >= 15 is 0 Å². The Hall–Kier alpha value is -2.47. The molecule has 3 aromatic rings. The highest BCUT2D eigenvalue weighted by molar-refractivity contribution is 8.00. The van der Waals surface area contributed by atoms with Gasteiger partial charge in [-0.15, -0.1) is 10.2 Å². The van der Waals surface area contributed by atoms with Crippen LogP contribution in [0.1, 0.15) is 28.4 Å². The van der Waals surface area contributed by atoms with Crippen LogP contribution in [-0.2, 0) is 7.05 Å². The molecule has 26 heavy (non-hydrogen) atoms. The van der Waals surface area contributed by atoms with Crippen LogP contribution in [0.5, 0.6) is 0 Å². The van der Waals surface area contributed by atoms with Gasteiger partial charge in [0.25, 0.3) is 0 Å². The zero-order valence-electron chi connectivity index (χ0n) is 15.2. The molecule has 4 nitrogen and oxygen atoms in total. The number of aryl methyl sites for hydroxylation is 2. The Morgan fingerprint density at radius 1 is 1.15 bits per heavy atom. The zero-order chi connectivity index (χ0) is 18.8. The highest BCUT2D eigenvalue weighted by atomic mass is 32.2. The van der Waals surface area contributed by atoms with Crippen molar-refractivity contribution >= 4 is 17.5 Å². The number of carbonyl (C=O) groups excluding carboxylic acids is 1. The van der Waals surface area contributed by atoms with E-state index < -0.39 is 0 Å². The van der Waals surface area contributed by atoms with E-state index in [1.807, 2.05) is 39.0 Å². The Labute approximate surface area is 156 Å². The van der Waals surface area contributed by atoms with Crippen LogP contribution in [0.4, 0.5) is 4.39 Å². The van der Waals surface area contributed by atoms with E-state index in [0.717, 1.165) is 16.7 Å². The second-order valence-corrected chi connectivity index (χ2v) is 7.60. The maximum Gasteiger partial charge on any atom is 0.191 e. The van der Waals surface area contributed by atoms with Gasteiger partial charge in [0.15, 0.2) is 16.8 Å². The number of rotatable bonds is 5. The van der Waals surface area contributed by atoms with Crippen molar-refractivity contribution in [2.75, 3.05) is 0 Å². The number of aromatic nitrogens is 3. The maximum absolute atomic E-state index is 14.0. The summed E-state index contributed by atoms with van der Waals surface area (Å²) in [5.74, 6) is 0.141. The van der Waals surface area contributed by atoms with Gasteiger partial charge in [-0.25, -0.2) is 4.39 Å². The molecule has 0 aliphatic heterocycles. The normalized spacial score (nSPS) is 12.2. The molecule has 6 heteroatoms. The first-order chi connectivity index (χ1) is 12.4. The zero-order valence-corrected chi connectivity index (χ0v) is 16.0. The number of hydrogen-bond acceptors (Lipinski definition) is 4. The first-order valence-corrected chi connectivity index (χ1v) is 9.19. The van der Waals surface area contributed by atoms with Crippen LogP contribution in [0.25, 0.3) is 11.4 Å². The molecule has 2 aromatic carbocycles. The van der Waals surface area contributed by atoms with Crippen molar-refractivity contribution < 1.29 is 9.18 Å². The fourth-order valence-corrected chi connectivity index (χ4v) is 3.61. The molecule has 3 rings (SSSR count). The SMILES string of the molecule is Cc1ccc(C)c(C(=O)[C@@H](C)Sc2nnc(-c3ccccc3F)n2C)c1. The van der Waals surface area contributed by atoms with Crippen molar-refractivity contribution in [1.29, 1.82) is 0 Å². The standard InChI is InChI=1S/C20H20FN3OS/c1-12-9-10-13(2)16(11-12)18(25)14(3)26-20-23-22-19(24(20)4)15-7-5-6-8-17(15)21/h5-11,14H,1-4H3/t14-/m1/s1. The number of hydrogen-bond donors (Lipinski definition) is 0. The molecule has 0 amide bonds. The average molecular weight is 369 g/mol. The Bertz CT molecular complexity index is 967. The van der Waals surface area contributed by atoms with Gasteiger partial charge in [-0.3, -0.25) is 4.79 Å². The lowest BCUT2D eigenvalue weighted by Gasteiger charge is -2.12. The molecular formula is C20H20FN3OS. The van der Waals surface area contributed by atoms with E-state index in [4.69, 9.17) is 0 Å². The van der Waals surface area contributed by atoms with E-state index in [0.29, 0.717) is 16.5 Å². The van der Waals surface area contributed by atoms with Gasteiger partial charge < -0.3 is 4.57 Å². The van der Waals surface area contributed by atoms with Gasteiger partial charge in [-0.05, 0) is 44.5 Å². The highest BCUT2D eigenvalue weighted by Gasteiger charge is 2.22. The van der Waals surface area contributed by atoms with Crippen molar-refractivity contribution in [2.45, 2.75) is 31.2 Å². The number of nitrogens with zero attached hydrogens (tertiary/aromatic N) is 3. The van der Waals surface area contributed by atoms with Crippen LogP contribution in [-0.4, -0.2) is 25.8 Å². The first kappa shape index (κ1) is 18.3. The van der Waals surface area contributed by atoms with Gasteiger partial charge in [-0.2, -0.15) is 0 Å². The Kier molecular flexibility index (Phi) is 5.23. The summed E-state index contributed by atoms with van der Waals surface area (Å²) in [6.07, 6.45) is 0. The first-order valence-electron chi connectivity index (χ1n) is 8.31. The Morgan fingerprint density at radius 3 is 2.62 bits per heavy atom. The minimum absolute atomic E-state index is 0.0478. The van der Waals surface area contributed by atoms with Crippen molar-refractivity contribution in [3.05, 3.63) is 65.0 Å². The number of ketones is 1. The van der Waals surface area contributed by atoms with Crippen LogP contribution in [0, 0.1) is 19.7 Å². The van der Waals surface area contributed by atoms with Gasteiger partial charge in [0.2, 0.25) is 0 Å². The summed E-state index contributed by atoms with van der Waals surface area (Å²) in [4.78, 5) is 12.8. The monoisotopic (exact) mass is 369 g/mol. The predicted octanol–water partition coefficient (Wildman–Crippen LogP) is 4.60. The van der Waals surface area contributed by atoms with E-state index in [-0.39, 0.29) is 16.9 Å². The number of Topliss-reactive ketones (excluding diaryl/α,β-unsaturated/α-hetero) is 1. The molecule has 134 valence electrons. The molecule has 0 spiro atoms. The maximum atomic E-state index is 14.0. The molecule has 0 fully saturated rings. The molecule has 1 aromatic heterocycles. The van der Waals surface area contributed by atoms with Crippen LogP contribution < -0.4 is 0 Å². The third-order valence-electron chi connectivity index (χ3n) is 4.26. The van der Waals surface area contributed by atoms with Gasteiger partial charge in [0.05, 0.1) is 10.8 Å². The summed E-state index contributed by atoms with van der Waals surface area (Å²) in [7, 11) is 1.78. The van der Waals surface area contributed by atoms with E-state index in [9.17, 15) is 9.18 Å². The smallest absolute Gasteiger partial charge is 0.191 e. The fourth-order valence-electron chi connectivity index (χ4n) is 2.73.